The lowest BCUT2D eigenvalue weighted by Crippen LogP contribution is -2.61. The van der Waals surface area contributed by atoms with Gasteiger partial charge in [0.15, 0.2) is 0 Å². The first-order chi connectivity index (χ1) is 9.67. The van der Waals surface area contributed by atoms with Crippen molar-refractivity contribution in [3.63, 3.8) is 0 Å². The van der Waals surface area contributed by atoms with Gasteiger partial charge >= 0.3 is 0 Å². The molecule has 2 spiro atoms. The summed E-state index contributed by atoms with van der Waals surface area (Å²) in [4.78, 5) is 5.26. The number of likely N-dealkylation sites (tertiary alicyclic amines) is 2. The van der Waals surface area contributed by atoms with Crippen LogP contribution < -0.4 is 5.32 Å². The molecule has 4 fully saturated rings. The minimum Gasteiger partial charge on any atom is -0.317 e. The van der Waals surface area contributed by atoms with Crippen LogP contribution in [-0.2, 0) is 0 Å². The standard InChI is InChI=1S/C17H31N3/c1-19-11-16(12-19)4-2-15(3-5-16)10-20-13-17(14-20)6-8-18-9-7-17/h15,18H,2-14H2,1H3. The average Bonchev–Trinajstić information content (AvgIpc) is 2.39. The SMILES string of the molecule is CN1CC2(CCC(CN3CC4(CCNCC4)C3)CC2)C1. The third-order valence-electron chi connectivity index (χ3n) is 6.68. The number of nitrogens with zero attached hydrogens (tertiary/aromatic N) is 2. The first kappa shape index (κ1) is 13.5. The van der Waals surface area contributed by atoms with Gasteiger partial charge in [0.2, 0.25) is 0 Å². The van der Waals surface area contributed by atoms with Crippen LogP contribution in [0.5, 0.6) is 0 Å². The molecule has 1 saturated carbocycles. The number of nitrogens with one attached hydrogen (secondary N) is 1. The van der Waals surface area contributed by atoms with Crippen LogP contribution in [0.1, 0.15) is 38.5 Å². The Balaban J connectivity index is 1.20. The van der Waals surface area contributed by atoms with Crippen LogP contribution in [0, 0.1) is 16.7 Å². The zero-order valence-electron chi connectivity index (χ0n) is 13.2. The molecule has 3 saturated heterocycles. The van der Waals surface area contributed by atoms with Crippen molar-refractivity contribution in [3.8, 4) is 0 Å². The molecule has 0 aromatic rings. The third-order valence-corrected chi connectivity index (χ3v) is 6.68. The predicted octanol–water partition coefficient (Wildman–Crippen LogP) is 1.79. The van der Waals surface area contributed by atoms with E-state index in [0.717, 1.165) is 16.7 Å². The molecule has 0 atom stereocenters. The second-order valence-corrected chi connectivity index (χ2v) is 8.54. The molecule has 0 radical (unpaired) electrons. The summed E-state index contributed by atoms with van der Waals surface area (Å²) in [6, 6.07) is 0. The summed E-state index contributed by atoms with van der Waals surface area (Å²) >= 11 is 0. The van der Waals surface area contributed by atoms with E-state index in [-0.39, 0.29) is 0 Å². The second kappa shape index (κ2) is 4.96. The van der Waals surface area contributed by atoms with Crippen LogP contribution in [0.25, 0.3) is 0 Å². The summed E-state index contributed by atoms with van der Waals surface area (Å²) in [6.07, 6.45) is 8.85. The highest BCUT2D eigenvalue weighted by atomic mass is 15.2. The molecule has 0 bridgehead atoms. The highest BCUT2D eigenvalue weighted by Gasteiger charge is 2.46. The predicted molar refractivity (Wildman–Crippen MR) is 82.9 cm³/mol. The molecule has 0 unspecified atom stereocenters. The Morgan fingerprint density at radius 2 is 1.50 bits per heavy atom. The van der Waals surface area contributed by atoms with E-state index in [4.69, 9.17) is 0 Å². The number of piperidine rings is 1. The largest absolute Gasteiger partial charge is 0.317 e. The van der Waals surface area contributed by atoms with Gasteiger partial charge < -0.3 is 15.1 Å². The maximum absolute atomic E-state index is 3.51. The summed E-state index contributed by atoms with van der Waals surface area (Å²) in [5.41, 5.74) is 1.47. The Morgan fingerprint density at radius 1 is 0.900 bits per heavy atom. The highest BCUT2D eigenvalue weighted by molar-refractivity contribution is 5.00. The lowest BCUT2D eigenvalue weighted by atomic mass is 9.65. The van der Waals surface area contributed by atoms with Crippen LogP contribution in [-0.4, -0.2) is 62.7 Å². The monoisotopic (exact) mass is 277 g/mol. The maximum Gasteiger partial charge on any atom is 0.00515 e. The quantitative estimate of drug-likeness (QED) is 0.830. The van der Waals surface area contributed by atoms with E-state index < -0.39 is 0 Å². The van der Waals surface area contributed by atoms with Crippen LogP contribution in [0.4, 0.5) is 0 Å². The van der Waals surface area contributed by atoms with Crippen molar-refractivity contribution in [2.24, 2.45) is 16.7 Å². The van der Waals surface area contributed by atoms with E-state index in [9.17, 15) is 0 Å². The smallest absolute Gasteiger partial charge is 0.00515 e. The van der Waals surface area contributed by atoms with E-state index in [1.54, 1.807) is 0 Å². The van der Waals surface area contributed by atoms with Crippen LogP contribution in [0.15, 0.2) is 0 Å². The summed E-state index contributed by atoms with van der Waals surface area (Å²) in [6.45, 7) is 9.47. The highest BCUT2D eigenvalue weighted by Crippen LogP contribution is 2.46. The van der Waals surface area contributed by atoms with Crippen molar-refractivity contribution in [2.75, 3.05) is 52.9 Å². The molecule has 0 aromatic heterocycles. The average molecular weight is 277 g/mol. The lowest BCUT2D eigenvalue weighted by molar-refractivity contribution is -0.0544. The molecule has 114 valence electrons. The molecular weight excluding hydrogens is 246 g/mol. The number of rotatable bonds is 2. The molecule has 1 N–H and O–H groups in total. The third kappa shape index (κ3) is 2.42. The van der Waals surface area contributed by atoms with E-state index in [2.05, 4.69) is 22.2 Å². The summed E-state index contributed by atoms with van der Waals surface area (Å²) in [7, 11) is 2.27. The van der Waals surface area contributed by atoms with Crippen molar-refractivity contribution < 1.29 is 0 Å². The van der Waals surface area contributed by atoms with Gasteiger partial charge in [-0.05, 0) is 75.4 Å². The normalized spacial score (nSPS) is 34.0. The fourth-order valence-corrected chi connectivity index (χ4v) is 5.56. The van der Waals surface area contributed by atoms with E-state index in [1.165, 1.54) is 84.3 Å². The maximum atomic E-state index is 3.51. The first-order valence-electron chi connectivity index (χ1n) is 8.79. The minimum absolute atomic E-state index is 0.720. The Morgan fingerprint density at radius 3 is 2.10 bits per heavy atom. The molecular formula is C17H31N3. The van der Waals surface area contributed by atoms with E-state index >= 15 is 0 Å². The molecule has 4 rings (SSSR count). The fraction of sp³-hybridized carbons (Fsp3) is 1.00. The molecule has 3 heteroatoms. The number of hydrogen-bond acceptors (Lipinski definition) is 3. The molecule has 3 nitrogen and oxygen atoms in total. The Hall–Kier alpha value is -0.120. The van der Waals surface area contributed by atoms with Crippen LogP contribution >= 0.6 is 0 Å². The second-order valence-electron chi connectivity index (χ2n) is 8.54. The molecule has 20 heavy (non-hydrogen) atoms. The fourth-order valence-electron chi connectivity index (χ4n) is 5.56. The van der Waals surface area contributed by atoms with Gasteiger partial charge in [-0.15, -0.1) is 0 Å². The minimum atomic E-state index is 0.720. The molecule has 3 aliphatic heterocycles. The Bertz CT molecular complexity index is 337. The van der Waals surface area contributed by atoms with E-state index in [0.29, 0.717) is 0 Å². The molecule has 0 aromatic carbocycles. The Kier molecular flexibility index (Phi) is 3.36. The van der Waals surface area contributed by atoms with Crippen molar-refractivity contribution >= 4 is 0 Å². The van der Waals surface area contributed by atoms with Gasteiger partial charge in [0.25, 0.3) is 0 Å². The van der Waals surface area contributed by atoms with Crippen molar-refractivity contribution in [1.82, 2.24) is 15.1 Å². The topological polar surface area (TPSA) is 18.5 Å². The summed E-state index contributed by atoms with van der Waals surface area (Å²) in [5.74, 6) is 1.01. The van der Waals surface area contributed by atoms with Gasteiger partial charge in [-0.2, -0.15) is 0 Å². The Labute approximate surface area is 124 Å². The zero-order chi connectivity index (χ0) is 13.6. The van der Waals surface area contributed by atoms with Crippen molar-refractivity contribution in [2.45, 2.75) is 38.5 Å². The zero-order valence-corrected chi connectivity index (χ0v) is 13.2. The number of hydrogen-bond donors (Lipinski definition) is 1. The van der Waals surface area contributed by atoms with Gasteiger partial charge in [-0.1, -0.05) is 0 Å². The van der Waals surface area contributed by atoms with Gasteiger partial charge in [0, 0.05) is 32.7 Å². The molecule has 3 heterocycles. The van der Waals surface area contributed by atoms with Gasteiger partial charge in [-0.25, -0.2) is 0 Å². The summed E-state index contributed by atoms with van der Waals surface area (Å²) < 4.78 is 0. The van der Waals surface area contributed by atoms with Crippen molar-refractivity contribution in [1.29, 1.82) is 0 Å². The first-order valence-corrected chi connectivity index (χ1v) is 8.79. The van der Waals surface area contributed by atoms with Gasteiger partial charge in [0.05, 0.1) is 0 Å². The molecule has 1 aliphatic carbocycles. The van der Waals surface area contributed by atoms with Crippen LogP contribution in [0.2, 0.25) is 0 Å². The van der Waals surface area contributed by atoms with Crippen molar-refractivity contribution in [3.05, 3.63) is 0 Å². The summed E-state index contributed by atoms with van der Waals surface area (Å²) in [5, 5.41) is 3.51. The lowest BCUT2D eigenvalue weighted by Gasteiger charge is -2.55. The molecule has 0 amide bonds. The van der Waals surface area contributed by atoms with Gasteiger partial charge in [-0.3, -0.25) is 0 Å². The van der Waals surface area contributed by atoms with Crippen LogP contribution in [0.3, 0.4) is 0 Å². The van der Waals surface area contributed by atoms with E-state index in [1.807, 2.05) is 0 Å². The molecule has 4 aliphatic rings. The van der Waals surface area contributed by atoms with Gasteiger partial charge in [0.1, 0.15) is 0 Å².